The van der Waals surface area contributed by atoms with E-state index in [0.29, 0.717) is 11.5 Å². The van der Waals surface area contributed by atoms with E-state index in [0.717, 1.165) is 56.1 Å². The highest BCUT2D eigenvalue weighted by Crippen LogP contribution is 2.75. The first-order valence-electron chi connectivity index (χ1n) is 12.6. The van der Waals surface area contributed by atoms with Gasteiger partial charge in [-0.15, -0.1) is 0 Å². The molecule has 2 N–H and O–H groups in total. The maximum Gasteiger partial charge on any atom is 0.309 e. The van der Waals surface area contributed by atoms with Gasteiger partial charge in [0, 0.05) is 11.0 Å². The number of carboxylic acid groups (broad SMARTS) is 1. The first kappa shape index (κ1) is 22.7. The van der Waals surface area contributed by atoms with E-state index >= 15 is 0 Å². The van der Waals surface area contributed by atoms with Crippen molar-refractivity contribution in [3.8, 4) is 0 Å². The lowest BCUT2D eigenvalue weighted by atomic mass is 9.34. The summed E-state index contributed by atoms with van der Waals surface area (Å²) >= 11 is 0. The van der Waals surface area contributed by atoms with Crippen molar-refractivity contribution in [1.82, 2.24) is 0 Å². The van der Waals surface area contributed by atoms with Crippen molar-refractivity contribution in [1.29, 1.82) is 0 Å². The van der Waals surface area contributed by atoms with Gasteiger partial charge in [0.25, 0.3) is 0 Å². The number of carbonyl (C=O) groups excluding carboxylic acids is 1. The van der Waals surface area contributed by atoms with Crippen molar-refractivity contribution in [3.63, 3.8) is 0 Å². The number of aliphatic carboxylic acids is 1. The van der Waals surface area contributed by atoms with Crippen LogP contribution in [-0.4, -0.2) is 22.0 Å². The third-order valence-corrected chi connectivity index (χ3v) is 11.4. The lowest BCUT2D eigenvalue weighted by molar-refractivity contribution is -0.178. The van der Waals surface area contributed by atoms with Gasteiger partial charge in [-0.25, -0.2) is 0 Å². The summed E-state index contributed by atoms with van der Waals surface area (Å²) in [6.45, 7) is 13.3. The average Bonchev–Trinajstić information content (AvgIpc) is 2.75. The minimum Gasteiger partial charge on any atom is -0.504 e. The van der Waals surface area contributed by atoms with Crippen molar-refractivity contribution in [2.45, 2.75) is 86.5 Å². The molecule has 0 saturated heterocycles. The van der Waals surface area contributed by atoms with Crippen molar-refractivity contribution < 1.29 is 19.8 Å². The summed E-state index contributed by atoms with van der Waals surface area (Å²) < 4.78 is 0. The molecular weight excluding hydrogens is 412 g/mol. The second-order valence-corrected chi connectivity index (χ2v) is 12.9. The van der Waals surface area contributed by atoms with Crippen molar-refractivity contribution >= 4 is 11.8 Å². The number of carboxylic acids is 1. The molecule has 0 bridgehead atoms. The number of carbonyl (C=O) groups is 2. The lowest BCUT2D eigenvalue weighted by Gasteiger charge is -2.70. The second kappa shape index (κ2) is 6.52. The molecule has 5 aliphatic carbocycles. The number of ketones is 1. The zero-order valence-electron chi connectivity index (χ0n) is 21.0. The minimum absolute atomic E-state index is 0.0000746. The van der Waals surface area contributed by atoms with Crippen LogP contribution < -0.4 is 0 Å². The summed E-state index contributed by atoms with van der Waals surface area (Å²) in [5.41, 5.74) is 3.33. The third kappa shape index (κ3) is 2.64. The largest absolute Gasteiger partial charge is 0.504 e. The van der Waals surface area contributed by atoms with Crippen LogP contribution in [-0.2, 0) is 9.59 Å². The summed E-state index contributed by atoms with van der Waals surface area (Å²) in [7, 11) is 0. The molecule has 0 heterocycles. The monoisotopic (exact) mass is 450 g/mol. The molecule has 33 heavy (non-hydrogen) atoms. The maximum atomic E-state index is 12.6. The molecule has 5 rings (SSSR count). The van der Waals surface area contributed by atoms with Gasteiger partial charge in [0.2, 0.25) is 5.78 Å². The van der Waals surface area contributed by atoms with Crippen LogP contribution in [0.2, 0.25) is 0 Å². The fourth-order valence-electron chi connectivity index (χ4n) is 8.65. The molecule has 1 unspecified atom stereocenters. The zero-order valence-corrected chi connectivity index (χ0v) is 21.0. The van der Waals surface area contributed by atoms with Gasteiger partial charge in [-0.1, -0.05) is 45.4 Å². The van der Waals surface area contributed by atoms with Gasteiger partial charge in [0.15, 0.2) is 5.76 Å². The normalized spacial score (nSPS) is 46.8. The Morgan fingerprint density at radius 1 is 0.970 bits per heavy atom. The van der Waals surface area contributed by atoms with Crippen LogP contribution >= 0.6 is 0 Å². The highest BCUT2D eigenvalue weighted by Gasteiger charge is 2.67. The van der Waals surface area contributed by atoms with Gasteiger partial charge < -0.3 is 10.2 Å². The van der Waals surface area contributed by atoms with Gasteiger partial charge >= 0.3 is 5.97 Å². The van der Waals surface area contributed by atoms with Crippen molar-refractivity contribution in [3.05, 3.63) is 46.3 Å². The number of fused-ring (bicyclic) bond motifs is 7. The predicted molar refractivity (Wildman–Crippen MR) is 129 cm³/mol. The Morgan fingerprint density at radius 2 is 1.64 bits per heavy atom. The lowest BCUT2D eigenvalue weighted by Crippen LogP contribution is -2.62. The van der Waals surface area contributed by atoms with Crippen molar-refractivity contribution in [2.75, 3.05) is 0 Å². The molecule has 0 aromatic heterocycles. The van der Waals surface area contributed by atoms with E-state index in [1.165, 1.54) is 5.57 Å². The second-order valence-electron chi connectivity index (χ2n) is 12.9. The first-order chi connectivity index (χ1) is 15.2. The Hall–Kier alpha value is -2.10. The highest BCUT2D eigenvalue weighted by atomic mass is 16.4. The average molecular weight is 451 g/mol. The van der Waals surface area contributed by atoms with E-state index in [2.05, 4.69) is 39.8 Å². The molecule has 178 valence electrons. The fraction of sp³-hybridized carbons (Fsp3) is 0.655. The topological polar surface area (TPSA) is 74.6 Å². The van der Waals surface area contributed by atoms with Crippen LogP contribution in [0.1, 0.15) is 86.5 Å². The summed E-state index contributed by atoms with van der Waals surface area (Å²) in [6.07, 6.45) is 12.7. The number of hydrogen-bond donors (Lipinski definition) is 2. The fourth-order valence-corrected chi connectivity index (χ4v) is 8.65. The number of hydrogen-bond acceptors (Lipinski definition) is 3. The van der Waals surface area contributed by atoms with Crippen LogP contribution in [0.3, 0.4) is 0 Å². The molecule has 0 amide bonds. The molecule has 0 aliphatic heterocycles. The molecule has 0 radical (unpaired) electrons. The van der Waals surface area contributed by atoms with Gasteiger partial charge in [-0.05, 0) is 98.2 Å². The van der Waals surface area contributed by atoms with E-state index in [1.807, 2.05) is 13.8 Å². The van der Waals surface area contributed by atoms with Gasteiger partial charge in [0.05, 0.1) is 5.41 Å². The van der Waals surface area contributed by atoms with Crippen LogP contribution in [0.15, 0.2) is 46.3 Å². The number of aliphatic hydroxyl groups excluding tert-OH is 1. The summed E-state index contributed by atoms with van der Waals surface area (Å²) in [5, 5.41) is 20.3. The molecule has 0 aromatic carbocycles. The van der Waals surface area contributed by atoms with E-state index in [1.54, 1.807) is 6.08 Å². The molecule has 4 nitrogen and oxygen atoms in total. The maximum absolute atomic E-state index is 12.6. The van der Waals surface area contributed by atoms with Gasteiger partial charge in [-0.2, -0.15) is 0 Å². The van der Waals surface area contributed by atoms with E-state index in [9.17, 15) is 19.8 Å². The summed E-state index contributed by atoms with van der Waals surface area (Å²) in [5.74, 6) is -0.734. The van der Waals surface area contributed by atoms with E-state index in [4.69, 9.17) is 0 Å². The van der Waals surface area contributed by atoms with E-state index < -0.39 is 11.4 Å². The number of aliphatic hydroxyl groups is 1. The molecule has 4 heteroatoms. The minimum atomic E-state index is -0.655. The first-order valence-corrected chi connectivity index (χ1v) is 12.6. The third-order valence-electron chi connectivity index (χ3n) is 11.4. The van der Waals surface area contributed by atoms with Crippen LogP contribution in [0.25, 0.3) is 0 Å². The molecule has 3 saturated carbocycles. The standard InChI is InChI=1S/C29H38O4/c1-17-18-7-8-21-27(4,19(18)15-20(30)23(17)31)12-14-29(6)22-16-26(3,24(32)33)10-9-25(22,2)11-13-28(21,29)5/h7-8,15,22,31H,9-14,16H2,1-6H3,(H,32,33)/t22-,25+,26-,27-,28+,29?/m0/s1. The molecule has 3 fully saturated rings. The Morgan fingerprint density at radius 3 is 2.30 bits per heavy atom. The van der Waals surface area contributed by atoms with Crippen LogP contribution in [0.5, 0.6) is 0 Å². The Bertz CT molecular complexity index is 1100. The number of allylic oxidation sites excluding steroid dienone is 7. The van der Waals surface area contributed by atoms with Crippen LogP contribution in [0.4, 0.5) is 0 Å². The van der Waals surface area contributed by atoms with Gasteiger partial charge in [-0.3, -0.25) is 9.59 Å². The molecule has 5 aliphatic rings. The Labute approximate surface area is 197 Å². The van der Waals surface area contributed by atoms with Crippen LogP contribution in [0, 0.1) is 33.0 Å². The highest BCUT2D eigenvalue weighted by molar-refractivity contribution is 6.06. The van der Waals surface area contributed by atoms with Crippen molar-refractivity contribution in [2.24, 2.45) is 33.0 Å². The van der Waals surface area contributed by atoms with E-state index in [-0.39, 0.29) is 33.2 Å². The molecule has 0 spiro atoms. The zero-order chi connectivity index (χ0) is 24.2. The molecule has 6 atom stereocenters. The van der Waals surface area contributed by atoms with Gasteiger partial charge in [0.1, 0.15) is 0 Å². The SMILES string of the molecule is CC1=C(O)C(=O)C=C2C1=CC=C1[C@@]2(C)CCC2(C)[C@H]3C[C@@](C)(C(=O)O)CC[C@]3(C)CC[C@]12C. The molecular formula is C29H38O4. The molecule has 0 aromatic rings. The predicted octanol–water partition coefficient (Wildman–Crippen LogP) is 6.70. The Kier molecular flexibility index (Phi) is 4.48. The number of rotatable bonds is 1. The smallest absolute Gasteiger partial charge is 0.309 e. The Balaban J connectivity index is 1.64. The summed E-state index contributed by atoms with van der Waals surface area (Å²) in [4.78, 5) is 24.8. The summed E-state index contributed by atoms with van der Waals surface area (Å²) in [6, 6.07) is 0. The quantitative estimate of drug-likeness (QED) is 0.466.